The first-order valence-corrected chi connectivity index (χ1v) is 5.16. The van der Waals surface area contributed by atoms with Crippen molar-refractivity contribution >= 4 is 0 Å². The Hall–Kier alpha value is -1.47. The summed E-state index contributed by atoms with van der Waals surface area (Å²) in [5.74, 6) is 0.932. The van der Waals surface area contributed by atoms with Gasteiger partial charge in [0.2, 0.25) is 0 Å². The van der Waals surface area contributed by atoms with E-state index in [1.807, 2.05) is 0 Å². The third-order valence-electron chi connectivity index (χ3n) is 2.10. The molecule has 0 fully saturated rings. The molecule has 1 aromatic carbocycles. The smallest absolute Gasteiger partial charge is 0.497 e. The molecule has 2 N–H and O–H groups in total. The van der Waals surface area contributed by atoms with Crippen LogP contribution >= 0.6 is 0 Å². The number of ether oxygens (including phenoxy) is 3. The minimum absolute atomic E-state index is 0.222. The van der Waals surface area contributed by atoms with Crippen LogP contribution in [0.25, 0.3) is 0 Å². The van der Waals surface area contributed by atoms with E-state index in [0.717, 1.165) is 0 Å². The number of hydrogen-bond acceptors (Lipinski definition) is 4. The van der Waals surface area contributed by atoms with Crippen LogP contribution < -0.4 is 15.2 Å². The zero-order valence-corrected chi connectivity index (χ0v) is 9.79. The highest BCUT2D eigenvalue weighted by Crippen LogP contribution is 2.24. The molecule has 0 aliphatic heterocycles. The van der Waals surface area contributed by atoms with Crippen LogP contribution in [0.15, 0.2) is 18.2 Å². The average Bonchev–Trinajstić information content (AvgIpc) is 2.33. The van der Waals surface area contributed by atoms with Crippen molar-refractivity contribution in [3.8, 4) is 11.5 Å². The Morgan fingerprint density at radius 1 is 1.22 bits per heavy atom. The summed E-state index contributed by atoms with van der Waals surface area (Å²) >= 11 is 0. The van der Waals surface area contributed by atoms with Gasteiger partial charge in [-0.3, -0.25) is 4.74 Å². The number of benzene rings is 1. The Morgan fingerprint density at radius 3 is 2.50 bits per heavy atom. The number of hydrogen-bond donors (Lipinski definition) is 1. The number of rotatable bonds is 6. The second-order valence-electron chi connectivity index (χ2n) is 3.32. The van der Waals surface area contributed by atoms with Crippen LogP contribution in [0.3, 0.4) is 0 Å². The molecule has 4 nitrogen and oxygen atoms in total. The van der Waals surface area contributed by atoms with Crippen molar-refractivity contribution in [3.63, 3.8) is 0 Å². The standard InChI is InChI=1S/C11H14F3NO3/c1-16-9-3-2-8(7-15)10(6-9)17-4-5-18-11(12,13)14/h2-3,6H,4-5,7,15H2,1H3. The van der Waals surface area contributed by atoms with E-state index >= 15 is 0 Å². The van der Waals surface area contributed by atoms with Crippen molar-refractivity contribution in [1.29, 1.82) is 0 Å². The largest absolute Gasteiger partial charge is 0.522 e. The Kier molecular flexibility index (Phi) is 5.24. The van der Waals surface area contributed by atoms with Gasteiger partial charge in [0.1, 0.15) is 18.1 Å². The monoisotopic (exact) mass is 265 g/mol. The van der Waals surface area contributed by atoms with Crippen LogP contribution in [0.1, 0.15) is 5.56 Å². The van der Waals surface area contributed by atoms with Gasteiger partial charge in [-0.25, -0.2) is 0 Å². The molecule has 0 aliphatic carbocycles. The van der Waals surface area contributed by atoms with Crippen LogP contribution in [0.4, 0.5) is 13.2 Å². The van der Waals surface area contributed by atoms with Gasteiger partial charge in [0, 0.05) is 18.2 Å². The van der Waals surface area contributed by atoms with Crippen molar-refractivity contribution in [3.05, 3.63) is 23.8 Å². The molecule has 0 saturated heterocycles. The van der Waals surface area contributed by atoms with Crippen LogP contribution in [0.5, 0.6) is 11.5 Å². The second-order valence-corrected chi connectivity index (χ2v) is 3.32. The molecule has 1 aromatic rings. The van der Waals surface area contributed by atoms with E-state index in [0.29, 0.717) is 17.1 Å². The molecule has 102 valence electrons. The third kappa shape index (κ3) is 4.80. The normalized spacial score (nSPS) is 11.4. The van der Waals surface area contributed by atoms with E-state index in [1.54, 1.807) is 18.2 Å². The lowest BCUT2D eigenvalue weighted by Crippen LogP contribution is -2.18. The zero-order valence-electron chi connectivity index (χ0n) is 9.79. The zero-order chi connectivity index (χ0) is 13.6. The number of halogens is 3. The summed E-state index contributed by atoms with van der Waals surface area (Å²) in [5.41, 5.74) is 6.17. The first kappa shape index (κ1) is 14.6. The predicted octanol–water partition coefficient (Wildman–Crippen LogP) is 2.07. The lowest BCUT2D eigenvalue weighted by atomic mass is 10.2. The van der Waals surface area contributed by atoms with Gasteiger partial charge in [0.25, 0.3) is 0 Å². The number of nitrogens with two attached hydrogens (primary N) is 1. The van der Waals surface area contributed by atoms with E-state index in [9.17, 15) is 13.2 Å². The summed E-state index contributed by atoms with van der Waals surface area (Å²) in [6.07, 6.45) is -4.64. The molecule has 0 aromatic heterocycles. The van der Waals surface area contributed by atoms with Crippen LogP contribution in [0, 0.1) is 0 Å². The van der Waals surface area contributed by atoms with Crippen LogP contribution in [-0.2, 0) is 11.3 Å². The fraction of sp³-hybridized carbons (Fsp3) is 0.455. The summed E-state index contributed by atoms with van der Waals surface area (Å²) in [6, 6.07) is 4.95. The first-order chi connectivity index (χ1) is 8.46. The quantitative estimate of drug-likeness (QED) is 0.800. The highest BCUT2D eigenvalue weighted by Gasteiger charge is 2.28. The van der Waals surface area contributed by atoms with Gasteiger partial charge >= 0.3 is 6.36 Å². The molecule has 0 radical (unpaired) electrons. The van der Waals surface area contributed by atoms with E-state index in [-0.39, 0.29) is 13.2 Å². The SMILES string of the molecule is COc1ccc(CN)c(OCCOC(F)(F)F)c1. The molecular formula is C11H14F3NO3. The minimum Gasteiger partial charge on any atom is -0.497 e. The van der Waals surface area contributed by atoms with Gasteiger partial charge < -0.3 is 15.2 Å². The lowest BCUT2D eigenvalue weighted by molar-refractivity contribution is -0.325. The molecule has 7 heteroatoms. The average molecular weight is 265 g/mol. The van der Waals surface area contributed by atoms with Crippen molar-refractivity contribution in [1.82, 2.24) is 0 Å². The highest BCUT2D eigenvalue weighted by molar-refractivity contribution is 5.40. The molecule has 0 saturated carbocycles. The van der Waals surface area contributed by atoms with Gasteiger partial charge in [-0.15, -0.1) is 13.2 Å². The fourth-order valence-corrected chi connectivity index (χ4v) is 1.27. The van der Waals surface area contributed by atoms with E-state index in [1.165, 1.54) is 7.11 Å². The van der Waals surface area contributed by atoms with Crippen molar-refractivity contribution in [2.45, 2.75) is 12.9 Å². The highest BCUT2D eigenvalue weighted by atomic mass is 19.4. The fourth-order valence-electron chi connectivity index (χ4n) is 1.27. The van der Waals surface area contributed by atoms with Crippen molar-refractivity contribution in [2.24, 2.45) is 5.73 Å². The van der Waals surface area contributed by atoms with E-state index in [4.69, 9.17) is 15.2 Å². The van der Waals surface area contributed by atoms with Gasteiger partial charge in [-0.2, -0.15) is 0 Å². The molecule has 18 heavy (non-hydrogen) atoms. The summed E-state index contributed by atoms with van der Waals surface area (Å²) in [5, 5.41) is 0. The Balaban J connectivity index is 2.54. The van der Waals surface area contributed by atoms with Crippen LogP contribution in [-0.4, -0.2) is 26.7 Å². The summed E-state index contributed by atoms with van der Waals surface area (Å²) < 4.78 is 48.9. The van der Waals surface area contributed by atoms with Crippen LogP contribution in [0.2, 0.25) is 0 Å². The minimum atomic E-state index is -4.64. The lowest BCUT2D eigenvalue weighted by Gasteiger charge is -2.12. The molecule has 0 heterocycles. The topological polar surface area (TPSA) is 53.7 Å². The maximum atomic E-state index is 11.7. The molecule has 1 rings (SSSR count). The van der Waals surface area contributed by atoms with Gasteiger partial charge in [0.05, 0.1) is 13.7 Å². The predicted molar refractivity (Wildman–Crippen MR) is 58.4 cm³/mol. The second kappa shape index (κ2) is 6.46. The summed E-state index contributed by atoms with van der Waals surface area (Å²) in [6.45, 7) is -0.580. The first-order valence-electron chi connectivity index (χ1n) is 5.16. The molecule has 0 unspecified atom stereocenters. The maximum Gasteiger partial charge on any atom is 0.522 e. The maximum absolute atomic E-state index is 11.7. The Bertz CT molecular complexity index is 382. The Labute approximate surface area is 102 Å². The van der Waals surface area contributed by atoms with Gasteiger partial charge in [-0.1, -0.05) is 6.07 Å². The van der Waals surface area contributed by atoms with E-state index < -0.39 is 13.0 Å². The van der Waals surface area contributed by atoms with Crippen molar-refractivity contribution in [2.75, 3.05) is 20.3 Å². The van der Waals surface area contributed by atoms with Gasteiger partial charge in [0.15, 0.2) is 0 Å². The summed E-state index contributed by atoms with van der Waals surface area (Å²) in [4.78, 5) is 0. The van der Waals surface area contributed by atoms with E-state index in [2.05, 4.69) is 4.74 Å². The Morgan fingerprint density at radius 2 is 1.94 bits per heavy atom. The molecule has 0 amide bonds. The molecule has 0 spiro atoms. The molecule has 0 aliphatic rings. The summed E-state index contributed by atoms with van der Waals surface area (Å²) in [7, 11) is 1.48. The van der Waals surface area contributed by atoms with Gasteiger partial charge in [-0.05, 0) is 6.07 Å². The van der Waals surface area contributed by atoms with Crippen molar-refractivity contribution < 1.29 is 27.4 Å². The third-order valence-corrected chi connectivity index (χ3v) is 2.10. The molecule has 0 atom stereocenters. The molecular weight excluding hydrogens is 251 g/mol. The molecule has 0 bridgehead atoms. The number of alkyl halides is 3. The number of methoxy groups -OCH3 is 1.